The summed E-state index contributed by atoms with van der Waals surface area (Å²) in [5, 5.41) is 0. The lowest BCUT2D eigenvalue weighted by molar-refractivity contribution is 0.323. The molecule has 2 N–H and O–H groups in total. The average molecular weight is 219 g/mol. The van der Waals surface area contributed by atoms with Crippen LogP contribution in [0, 0.1) is 11.8 Å². The fourth-order valence-corrected chi connectivity index (χ4v) is 2.20. The number of anilines is 1. The number of rotatable bonds is 2. The number of nitrogens with zero attached hydrogens (tertiary/aromatic N) is 2. The van der Waals surface area contributed by atoms with Gasteiger partial charge in [-0.05, 0) is 29.9 Å². The summed E-state index contributed by atoms with van der Waals surface area (Å²) < 4.78 is 0. The first-order chi connectivity index (χ1) is 7.70. The molecule has 0 bridgehead atoms. The number of hydrogen-bond acceptors (Lipinski definition) is 3. The lowest BCUT2D eigenvalue weighted by atomic mass is 9.89. The normalized spacial score (nSPS) is 25.8. The third kappa shape index (κ3) is 2.35. The van der Waals surface area contributed by atoms with Crippen LogP contribution in [-0.4, -0.2) is 18.1 Å². The van der Waals surface area contributed by atoms with E-state index in [-0.39, 0.29) is 0 Å². The van der Waals surface area contributed by atoms with E-state index in [9.17, 15) is 0 Å². The topological polar surface area (TPSA) is 42.1 Å². The minimum absolute atomic E-state index is 0.570. The zero-order chi connectivity index (χ0) is 11.5. The molecule has 1 aromatic rings. The second-order valence-electron chi connectivity index (χ2n) is 4.92. The maximum absolute atomic E-state index is 5.56. The largest absolute Gasteiger partial charge is 0.356 e. The first kappa shape index (κ1) is 11.4. The average Bonchev–Trinajstić information content (AvgIpc) is 2.33. The van der Waals surface area contributed by atoms with Crippen LogP contribution in [-0.2, 0) is 6.54 Å². The van der Waals surface area contributed by atoms with Crippen LogP contribution in [0.1, 0.15) is 25.8 Å². The monoisotopic (exact) mass is 219 g/mol. The highest BCUT2D eigenvalue weighted by Gasteiger charge is 2.23. The third-order valence-electron chi connectivity index (χ3n) is 3.70. The van der Waals surface area contributed by atoms with Crippen molar-refractivity contribution in [1.82, 2.24) is 4.98 Å². The molecule has 0 spiro atoms. The molecule has 0 amide bonds. The van der Waals surface area contributed by atoms with Crippen molar-refractivity contribution in [2.24, 2.45) is 17.6 Å². The van der Waals surface area contributed by atoms with Crippen molar-refractivity contribution in [2.75, 3.05) is 18.0 Å². The highest BCUT2D eigenvalue weighted by molar-refractivity contribution is 5.39. The zero-order valence-electron chi connectivity index (χ0n) is 10.2. The zero-order valence-corrected chi connectivity index (χ0v) is 10.2. The summed E-state index contributed by atoms with van der Waals surface area (Å²) in [5.74, 6) is 2.68. The van der Waals surface area contributed by atoms with Crippen LogP contribution in [0.2, 0.25) is 0 Å². The number of aromatic nitrogens is 1. The van der Waals surface area contributed by atoms with Crippen LogP contribution < -0.4 is 10.6 Å². The van der Waals surface area contributed by atoms with E-state index < -0.39 is 0 Å². The Morgan fingerprint density at radius 1 is 1.38 bits per heavy atom. The highest BCUT2D eigenvalue weighted by Crippen LogP contribution is 2.25. The predicted octanol–water partition coefficient (Wildman–Crippen LogP) is 2.02. The molecule has 2 heterocycles. The maximum atomic E-state index is 5.56. The molecule has 3 heteroatoms. The number of hydrogen-bond donors (Lipinski definition) is 1. The predicted molar refractivity (Wildman–Crippen MR) is 67.3 cm³/mol. The van der Waals surface area contributed by atoms with Crippen molar-refractivity contribution in [2.45, 2.75) is 26.8 Å². The first-order valence-electron chi connectivity index (χ1n) is 6.10. The Bertz CT molecular complexity index is 334. The minimum Gasteiger partial charge on any atom is -0.356 e. The lowest BCUT2D eigenvalue weighted by Gasteiger charge is -2.36. The van der Waals surface area contributed by atoms with Gasteiger partial charge in [0.25, 0.3) is 0 Å². The van der Waals surface area contributed by atoms with Crippen LogP contribution in [0.25, 0.3) is 0 Å². The molecule has 1 aliphatic rings. The molecule has 3 nitrogen and oxygen atoms in total. The van der Waals surface area contributed by atoms with Gasteiger partial charge in [-0.25, -0.2) is 4.98 Å². The number of piperidine rings is 1. The highest BCUT2D eigenvalue weighted by atomic mass is 15.2. The van der Waals surface area contributed by atoms with Gasteiger partial charge < -0.3 is 10.6 Å². The summed E-state index contributed by atoms with van der Waals surface area (Å²) >= 11 is 0. The van der Waals surface area contributed by atoms with Gasteiger partial charge in [0, 0.05) is 25.8 Å². The molecule has 0 aromatic carbocycles. The van der Waals surface area contributed by atoms with Crippen molar-refractivity contribution in [3.8, 4) is 0 Å². The summed E-state index contributed by atoms with van der Waals surface area (Å²) in [5.41, 5.74) is 6.66. The van der Waals surface area contributed by atoms with Gasteiger partial charge in [-0.1, -0.05) is 19.9 Å². The molecule has 0 saturated carbocycles. The van der Waals surface area contributed by atoms with E-state index in [0.717, 1.165) is 36.3 Å². The fraction of sp³-hybridized carbons (Fsp3) is 0.615. The Balaban J connectivity index is 2.06. The summed E-state index contributed by atoms with van der Waals surface area (Å²) in [6.45, 7) is 7.48. The second kappa shape index (κ2) is 4.83. The molecule has 2 atom stereocenters. The Kier molecular flexibility index (Phi) is 3.44. The van der Waals surface area contributed by atoms with Gasteiger partial charge in [-0.3, -0.25) is 0 Å². The smallest absolute Gasteiger partial charge is 0.128 e. The van der Waals surface area contributed by atoms with E-state index >= 15 is 0 Å². The molecule has 0 radical (unpaired) electrons. The van der Waals surface area contributed by atoms with Crippen LogP contribution in [0.5, 0.6) is 0 Å². The molecule has 88 valence electrons. The van der Waals surface area contributed by atoms with E-state index in [2.05, 4.69) is 35.9 Å². The first-order valence-corrected chi connectivity index (χ1v) is 6.10. The molecular weight excluding hydrogens is 198 g/mol. The van der Waals surface area contributed by atoms with Crippen molar-refractivity contribution in [1.29, 1.82) is 0 Å². The Morgan fingerprint density at radius 3 is 2.75 bits per heavy atom. The molecule has 16 heavy (non-hydrogen) atoms. The third-order valence-corrected chi connectivity index (χ3v) is 3.70. The van der Waals surface area contributed by atoms with Crippen LogP contribution in [0.3, 0.4) is 0 Å². The van der Waals surface area contributed by atoms with Crippen molar-refractivity contribution >= 4 is 5.82 Å². The Hall–Kier alpha value is -1.09. The van der Waals surface area contributed by atoms with Gasteiger partial charge >= 0.3 is 0 Å². The van der Waals surface area contributed by atoms with Crippen molar-refractivity contribution in [3.05, 3.63) is 23.9 Å². The number of pyridine rings is 1. The van der Waals surface area contributed by atoms with Gasteiger partial charge in [0.05, 0.1) is 0 Å². The molecule has 1 aliphatic heterocycles. The molecule has 2 rings (SSSR count). The summed E-state index contributed by atoms with van der Waals surface area (Å²) in [6.07, 6.45) is 3.15. The van der Waals surface area contributed by atoms with E-state index in [4.69, 9.17) is 5.73 Å². The Morgan fingerprint density at radius 2 is 2.19 bits per heavy atom. The maximum Gasteiger partial charge on any atom is 0.128 e. The molecular formula is C13H21N3. The van der Waals surface area contributed by atoms with Crippen molar-refractivity contribution in [3.63, 3.8) is 0 Å². The van der Waals surface area contributed by atoms with Gasteiger partial charge in [0.2, 0.25) is 0 Å². The molecule has 2 unspecified atom stereocenters. The van der Waals surface area contributed by atoms with Crippen LogP contribution >= 0.6 is 0 Å². The lowest BCUT2D eigenvalue weighted by Crippen LogP contribution is -2.38. The molecule has 1 saturated heterocycles. The standard InChI is InChI=1S/C13H21N3/c1-10-5-6-16(9-11(10)2)13-4-3-12(7-14)8-15-13/h3-4,8,10-11H,5-7,9,14H2,1-2H3. The number of nitrogens with two attached hydrogens (primary N) is 1. The quantitative estimate of drug-likeness (QED) is 0.827. The SMILES string of the molecule is CC1CCN(c2ccc(CN)cn2)CC1C. The van der Waals surface area contributed by atoms with Gasteiger partial charge in [0.1, 0.15) is 5.82 Å². The Labute approximate surface area is 97.7 Å². The minimum atomic E-state index is 0.570. The van der Waals surface area contributed by atoms with Crippen LogP contribution in [0.15, 0.2) is 18.3 Å². The summed E-state index contributed by atoms with van der Waals surface area (Å²) in [7, 11) is 0. The summed E-state index contributed by atoms with van der Waals surface area (Å²) in [6, 6.07) is 4.16. The van der Waals surface area contributed by atoms with E-state index in [1.165, 1.54) is 6.42 Å². The van der Waals surface area contributed by atoms with E-state index in [0.29, 0.717) is 6.54 Å². The van der Waals surface area contributed by atoms with E-state index in [1.54, 1.807) is 0 Å². The second-order valence-corrected chi connectivity index (χ2v) is 4.92. The van der Waals surface area contributed by atoms with Crippen molar-refractivity contribution < 1.29 is 0 Å². The molecule has 1 fully saturated rings. The summed E-state index contributed by atoms with van der Waals surface area (Å²) in [4.78, 5) is 6.86. The fourth-order valence-electron chi connectivity index (χ4n) is 2.20. The van der Waals surface area contributed by atoms with Gasteiger partial charge in [0.15, 0.2) is 0 Å². The van der Waals surface area contributed by atoms with Crippen LogP contribution in [0.4, 0.5) is 5.82 Å². The van der Waals surface area contributed by atoms with Gasteiger partial charge in [-0.2, -0.15) is 0 Å². The van der Waals surface area contributed by atoms with E-state index in [1.807, 2.05) is 6.20 Å². The molecule has 0 aliphatic carbocycles. The van der Waals surface area contributed by atoms with Gasteiger partial charge in [-0.15, -0.1) is 0 Å². The molecule has 1 aromatic heterocycles.